The number of aryl methyl sites for hydroxylation is 2. The van der Waals surface area contributed by atoms with Crippen molar-refractivity contribution >= 4 is 11.6 Å². The van der Waals surface area contributed by atoms with Gasteiger partial charge in [-0.05, 0) is 38.5 Å². The van der Waals surface area contributed by atoms with E-state index in [4.69, 9.17) is 4.42 Å². The van der Waals surface area contributed by atoms with Gasteiger partial charge in [0.1, 0.15) is 5.76 Å². The first kappa shape index (κ1) is 13.1. The third-order valence-electron chi connectivity index (χ3n) is 2.73. The molecule has 0 saturated carbocycles. The van der Waals surface area contributed by atoms with E-state index >= 15 is 0 Å². The second-order valence-electron chi connectivity index (χ2n) is 4.42. The summed E-state index contributed by atoms with van der Waals surface area (Å²) in [6, 6.07) is 11.3. The molecule has 0 aliphatic heterocycles. The molecule has 0 unspecified atom stereocenters. The number of hydrogen-bond donors (Lipinski definition) is 1. The number of hydrazone groups is 1. The van der Waals surface area contributed by atoms with Crippen LogP contribution in [0.15, 0.2) is 45.9 Å². The fraction of sp³-hybridized carbons (Fsp3) is 0.200. The van der Waals surface area contributed by atoms with E-state index in [-0.39, 0.29) is 11.7 Å². The predicted molar refractivity (Wildman–Crippen MR) is 74.3 cm³/mol. The lowest BCUT2D eigenvalue weighted by Gasteiger charge is -2.02. The highest BCUT2D eigenvalue weighted by molar-refractivity contribution is 6.00. The number of hydrogen-bond acceptors (Lipinski definition) is 3. The first-order chi connectivity index (χ1) is 9.06. The van der Waals surface area contributed by atoms with Gasteiger partial charge >= 0.3 is 5.91 Å². The molecule has 98 valence electrons. The Morgan fingerprint density at radius 3 is 2.63 bits per heavy atom. The van der Waals surface area contributed by atoms with Crippen LogP contribution in [0.3, 0.4) is 0 Å². The van der Waals surface area contributed by atoms with Gasteiger partial charge in [0.25, 0.3) is 0 Å². The van der Waals surface area contributed by atoms with Gasteiger partial charge in [0, 0.05) is 0 Å². The summed E-state index contributed by atoms with van der Waals surface area (Å²) in [6.45, 7) is 5.65. The van der Waals surface area contributed by atoms with E-state index in [9.17, 15) is 4.79 Å². The molecule has 0 fully saturated rings. The number of nitrogens with zero attached hydrogens (tertiary/aromatic N) is 1. The second kappa shape index (κ2) is 5.52. The molecule has 0 atom stereocenters. The van der Waals surface area contributed by atoms with Gasteiger partial charge in [0.2, 0.25) is 0 Å². The third-order valence-corrected chi connectivity index (χ3v) is 2.73. The summed E-state index contributed by atoms with van der Waals surface area (Å²) < 4.78 is 5.22. The van der Waals surface area contributed by atoms with Crippen LogP contribution in [-0.4, -0.2) is 11.6 Å². The summed E-state index contributed by atoms with van der Waals surface area (Å²) in [6.07, 6.45) is 0. The van der Waals surface area contributed by atoms with Crippen molar-refractivity contribution in [3.63, 3.8) is 0 Å². The van der Waals surface area contributed by atoms with Gasteiger partial charge < -0.3 is 4.42 Å². The molecular formula is C15H16N2O2. The summed E-state index contributed by atoms with van der Waals surface area (Å²) in [5.41, 5.74) is 5.37. The fourth-order valence-electron chi connectivity index (χ4n) is 1.68. The maximum atomic E-state index is 11.7. The molecule has 19 heavy (non-hydrogen) atoms. The van der Waals surface area contributed by atoms with Crippen molar-refractivity contribution < 1.29 is 9.21 Å². The van der Waals surface area contributed by atoms with Crippen molar-refractivity contribution in [1.29, 1.82) is 0 Å². The molecule has 1 N–H and O–H groups in total. The molecular weight excluding hydrogens is 240 g/mol. The Labute approximate surface area is 112 Å². The molecule has 1 amide bonds. The van der Waals surface area contributed by atoms with E-state index < -0.39 is 0 Å². The van der Waals surface area contributed by atoms with E-state index in [1.807, 2.05) is 38.1 Å². The molecule has 2 rings (SSSR count). The Morgan fingerprint density at radius 1 is 1.21 bits per heavy atom. The number of nitrogens with one attached hydrogen (secondary N) is 1. The number of carbonyl (C=O) groups is 1. The largest absolute Gasteiger partial charge is 0.456 e. The Morgan fingerprint density at radius 2 is 2.00 bits per heavy atom. The topological polar surface area (TPSA) is 54.6 Å². The van der Waals surface area contributed by atoms with E-state index in [2.05, 4.69) is 10.5 Å². The highest BCUT2D eigenvalue weighted by Crippen LogP contribution is 2.07. The number of benzene rings is 1. The zero-order chi connectivity index (χ0) is 13.8. The summed E-state index contributed by atoms with van der Waals surface area (Å²) in [4.78, 5) is 11.7. The van der Waals surface area contributed by atoms with Gasteiger partial charge in [-0.25, -0.2) is 5.43 Å². The number of carbonyl (C=O) groups excluding carboxylic acids is 1. The quantitative estimate of drug-likeness (QED) is 0.677. The monoisotopic (exact) mass is 256 g/mol. The minimum atomic E-state index is -0.347. The van der Waals surface area contributed by atoms with Crippen molar-refractivity contribution in [2.24, 2.45) is 5.10 Å². The van der Waals surface area contributed by atoms with Crippen molar-refractivity contribution in [3.05, 3.63) is 59.0 Å². The molecule has 1 aromatic heterocycles. The standard InChI is InChI=1S/C15H16N2O2/c1-10-5-4-6-13(9-10)12(3)16-17-15(18)14-8-7-11(2)19-14/h4-9H,1-3H3,(H,17,18). The van der Waals surface area contributed by atoms with Crippen LogP contribution in [0.2, 0.25) is 0 Å². The van der Waals surface area contributed by atoms with Crippen LogP contribution in [0.25, 0.3) is 0 Å². The van der Waals surface area contributed by atoms with Crippen LogP contribution in [0.4, 0.5) is 0 Å². The van der Waals surface area contributed by atoms with Crippen molar-refractivity contribution in [2.75, 3.05) is 0 Å². The summed E-state index contributed by atoms with van der Waals surface area (Å²) in [7, 11) is 0. The average molecular weight is 256 g/mol. The minimum absolute atomic E-state index is 0.262. The van der Waals surface area contributed by atoms with Crippen LogP contribution in [0.5, 0.6) is 0 Å². The zero-order valence-corrected chi connectivity index (χ0v) is 11.2. The molecule has 0 radical (unpaired) electrons. The smallest absolute Gasteiger partial charge is 0.307 e. The maximum absolute atomic E-state index is 11.7. The van der Waals surface area contributed by atoms with Crippen LogP contribution < -0.4 is 5.43 Å². The van der Waals surface area contributed by atoms with E-state index in [0.717, 1.165) is 16.8 Å². The second-order valence-corrected chi connectivity index (χ2v) is 4.42. The fourth-order valence-corrected chi connectivity index (χ4v) is 1.68. The summed E-state index contributed by atoms with van der Waals surface area (Å²) in [5, 5.41) is 4.08. The number of amides is 1. The predicted octanol–water partition coefficient (Wildman–Crippen LogP) is 3.05. The van der Waals surface area contributed by atoms with E-state index in [0.29, 0.717) is 5.76 Å². The van der Waals surface area contributed by atoms with Crippen molar-refractivity contribution in [1.82, 2.24) is 5.43 Å². The third kappa shape index (κ3) is 3.31. The Balaban J connectivity index is 2.08. The van der Waals surface area contributed by atoms with Gasteiger partial charge in [-0.3, -0.25) is 4.79 Å². The van der Waals surface area contributed by atoms with Gasteiger partial charge in [-0.15, -0.1) is 0 Å². The Bertz CT molecular complexity index is 627. The summed E-state index contributed by atoms with van der Waals surface area (Å²) >= 11 is 0. The first-order valence-corrected chi connectivity index (χ1v) is 6.04. The maximum Gasteiger partial charge on any atom is 0.307 e. The van der Waals surface area contributed by atoms with Crippen molar-refractivity contribution in [3.8, 4) is 0 Å². The first-order valence-electron chi connectivity index (χ1n) is 6.04. The lowest BCUT2D eigenvalue weighted by molar-refractivity contribution is 0.0926. The molecule has 0 saturated heterocycles. The molecule has 1 heterocycles. The molecule has 0 aliphatic carbocycles. The van der Waals surface area contributed by atoms with Crippen LogP contribution >= 0.6 is 0 Å². The SMILES string of the molecule is CC(=NNC(=O)c1ccc(C)o1)c1cccc(C)c1. The Kier molecular flexibility index (Phi) is 3.80. The molecule has 4 heteroatoms. The van der Waals surface area contributed by atoms with Gasteiger partial charge in [0.15, 0.2) is 5.76 Å². The van der Waals surface area contributed by atoms with Crippen LogP contribution in [0.1, 0.15) is 34.4 Å². The lowest BCUT2D eigenvalue weighted by atomic mass is 10.1. The molecule has 2 aromatic rings. The number of furan rings is 1. The average Bonchev–Trinajstić information content (AvgIpc) is 2.82. The van der Waals surface area contributed by atoms with E-state index in [1.165, 1.54) is 0 Å². The Hall–Kier alpha value is -2.36. The normalized spacial score (nSPS) is 11.4. The van der Waals surface area contributed by atoms with Gasteiger partial charge in [-0.1, -0.05) is 29.8 Å². The van der Waals surface area contributed by atoms with Crippen LogP contribution in [0, 0.1) is 13.8 Å². The molecule has 0 bridgehead atoms. The zero-order valence-electron chi connectivity index (χ0n) is 11.2. The van der Waals surface area contributed by atoms with Crippen LogP contribution in [-0.2, 0) is 0 Å². The lowest BCUT2D eigenvalue weighted by Crippen LogP contribution is -2.18. The molecule has 1 aromatic carbocycles. The summed E-state index contributed by atoms with van der Waals surface area (Å²) in [5.74, 6) is 0.614. The van der Waals surface area contributed by atoms with Gasteiger partial charge in [-0.2, -0.15) is 5.10 Å². The van der Waals surface area contributed by atoms with Gasteiger partial charge in [0.05, 0.1) is 5.71 Å². The highest BCUT2D eigenvalue weighted by atomic mass is 16.3. The van der Waals surface area contributed by atoms with Crippen molar-refractivity contribution in [2.45, 2.75) is 20.8 Å². The molecule has 0 aliphatic rings. The molecule has 0 spiro atoms. The van der Waals surface area contributed by atoms with E-state index in [1.54, 1.807) is 19.1 Å². The minimum Gasteiger partial charge on any atom is -0.456 e. The molecule has 4 nitrogen and oxygen atoms in total. The highest BCUT2D eigenvalue weighted by Gasteiger charge is 2.08. The number of rotatable bonds is 3.